The van der Waals surface area contributed by atoms with Gasteiger partial charge in [-0.2, -0.15) is 5.10 Å². The minimum absolute atomic E-state index is 0.210. The van der Waals surface area contributed by atoms with Crippen LogP contribution in [0, 0.1) is 0 Å². The Bertz CT molecular complexity index is 578. The molecule has 0 fully saturated rings. The van der Waals surface area contributed by atoms with Crippen LogP contribution in [-0.2, 0) is 7.05 Å². The molecule has 1 aliphatic rings. The lowest BCUT2D eigenvalue weighted by atomic mass is 10.1. The fourth-order valence-corrected chi connectivity index (χ4v) is 2.24. The summed E-state index contributed by atoms with van der Waals surface area (Å²) in [4.78, 5) is 0. The Hall–Kier alpha value is -1.72. The molecule has 94 valence electrons. The number of benzene rings is 1. The van der Waals surface area contributed by atoms with Gasteiger partial charge in [0.1, 0.15) is 6.10 Å². The van der Waals surface area contributed by atoms with Gasteiger partial charge in [0, 0.05) is 7.05 Å². The molecule has 1 aromatic heterocycles. The summed E-state index contributed by atoms with van der Waals surface area (Å²) >= 11 is 6.01. The maximum absolute atomic E-state index is 10.3. The van der Waals surface area contributed by atoms with Crippen LogP contribution in [0.5, 0.6) is 11.5 Å². The summed E-state index contributed by atoms with van der Waals surface area (Å²) in [5.74, 6) is 1.31. The predicted octanol–water partition coefficient (Wildman–Crippen LogP) is 1.88. The molecule has 18 heavy (non-hydrogen) atoms. The molecule has 1 unspecified atom stereocenters. The number of rotatable bonds is 2. The number of hydrogen-bond donors (Lipinski definition) is 1. The number of fused-ring (bicyclic) bond motifs is 1. The van der Waals surface area contributed by atoms with Gasteiger partial charge < -0.3 is 14.6 Å². The first-order chi connectivity index (χ1) is 8.66. The Morgan fingerprint density at radius 1 is 1.39 bits per heavy atom. The number of aliphatic hydroxyl groups excluding tert-OH is 1. The van der Waals surface area contributed by atoms with E-state index in [1.807, 2.05) is 0 Å². The van der Waals surface area contributed by atoms with Gasteiger partial charge in [0.25, 0.3) is 0 Å². The van der Waals surface area contributed by atoms with Crippen molar-refractivity contribution in [2.75, 3.05) is 6.79 Å². The van der Waals surface area contributed by atoms with Crippen molar-refractivity contribution < 1.29 is 14.6 Å². The van der Waals surface area contributed by atoms with Gasteiger partial charge >= 0.3 is 0 Å². The lowest BCUT2D eigenvalue weighted by molar-refractivity contribution is 0.173. The van der Waals surface area contributed by atoms with Crippen LogP contribution in [0.3, 0.4) is 0 Å². The van der Waals surface area contributed by atoms with Crippen molar-refractivity contribution in [1.29, 1.82) is 0 Å². The Kier molecular flexibility index (Phi) is 2.65. The fourth-order valence-electron chi connectivity index (χ4n) is 1.97. The van der Waals surface area contributed by atoms with Crippen molar-refractivity contribution in [2.45, 2.75) is 6.10 Å². The summed E-state index contributed by atoms with van der Waals surface area (Å²) in [6.07, 6.45) is 0.659. The van der Waals surface area contributed by atoms with Gasteiger partial charge in [-0.25, -0.2) is 0 Å². The largest absolute Gasteiger partial charge is 0.454 e. The Labute approximate surface area is 109 Å². The van der Waals surface area contributed by atoms with Crippen molar-refractivity contribution in [3.8, 4) is 11.5 Å². The van der Waals surface area contributed by atoms with Crippen LogP contribution >= 0.6 is 11.6 Å². The molecule has 0 bridgehead atoms. The monoisotopic (exact) mass is 266 g/mol. The number of aliphatic hydroxyl groups is 1. The summed E-state index contributed by atoms with van der Waals surface area (Å²) < 4.78 is 12.1. The highest BCUT2D eigenvalue weighted by atomic mass is 35.5. The Morgan fingerprint density at radius 3 is 2.89 bits per heavy atom. The summed E-state index contributed by atoms with van der Waals surface area (Å²) in [5.41, 5.74) is 1.24. The molecule has 0 radical (unpaired) electrons. The summed E-state index contributed by atoms with van der Waals surface area (Å²) in [6.45, 7) is 0.210. The maximum Gasteiger partial charge on any atom is 0.231 e. The average Bonchev–Trinajstić information content (AvgIpc) is 2.94. The molecule has 6 heteroatoms. The third kappa shape index (κ3) is 1.72. The van der Waals surface area contributed by atoms with Gasteiger partial charge in [-0.1, -0.05) is 17.7 Å². The first-order valence-corrected chi connectivity index (χ1v) is 5.79. The zero-order chi connectivity index (χ0) is 12.7. The molecule has 0 aliphatic carbocycles. The van der Waals surface area contributed by atoms with Gasteiger partial charge in [0.15, 0.2) is 11.5 Å². The van der Waals surface area contributed by atoms with E-state index >= 15 is 0 Å². The van der Waals surface area contributed by atoms with E-state index in [0.29, 0.717) is 27.8 Å². The molecule has 0 saturated carbocycles. The molecule has 1 aromatic carbocycles. The van der Waals surface area contributed by atoms with Crippen LogP contribution in [0.2, 0.25) is 5.02 Å². The molecule has 5 nitrogen and oxygen atoms in total. The normalized spacial score (nSPS) is 14.8. The van der Waals surface area contributed by atoms with Crippen LogP contribution in [0.25, 0.3) is 0 Å². The highest BCUT2D eigenvalue weighted by molar-refractivity contribution is 6.31. The summed E-state index contributed by atoms with van der Waals surface area (Å²) in [5, 5.41) is 14.8. The van der Waals surface area contributed by atoms with Gasteiger partial charge in [0.2, 0.25) is 6.79 Å². The van der Waals surface area contributed by atoms with E-state index in [9.17, 15) is 5.11 Å². The summed E-state index contributed by atoms with van der Waals surface area (Å²) in [7, 11) is 1.73. The molecule has 2 aromatic rings. The number of aromatic nitrogens is 2. The van der Waals surface area contributed by atoms with Gasteiger partial charge in [-0.3, -0.25) is 4.68 Å². The van der Waals surface area contributed by atoms with E-state index in [2.05, 4.69) is 5.10 Å². The molecular formula is C12H11ClN2O3. The van der Waals surface area contributed by atoms with Crippen molar-refractivity contribution in [3.63, 3.8) is 0 Å². The Balaban J connectivity index is 2.00. The minimum atomic E-state index is -0.848. The van der Waals surface area contributed by atoms with Gasteiger partial charge in [0.05, 0.1) is 16.9 Å². The molecule has 3 rings (SSSR count). The van der Waals surface area contributed by atoms with Crippen LogP contribution in [0.1, 0.15) is 17.4 Å². The molecule has 0 spiro atoms. The fraction of sp³-hybridized carbons (Fsp3) is 0.250. The first-order valence-electron chi connectivity index (χ1n) is 5.42. The second-order valence-electron chi connectivity index (χ2n) is 4.02. The SMILES string of the molecule is Cn1ncc(Cl)c1C(O)c1ccc2c(c1)OCO2. The maximum atomic E-state index is 10.3. The number of aryl methyl sites for hydroxylation is 1. The third-order valence-corrected chi connectivity index (χ3v) is 3.20. The van der Waals surface area contributed by atoms with E-state index in [-0.39, 0.29) is 6.79 Å². The standard InChI is InChI=1S/C12H11ClN2O3/c1-15-11(8(13)5-14-15)12(16)7-2-3-9-10(4-7)18-6-17-9/h2-5,12,16H,6H2,1H3. The number of halogens is 1. The topological polar surface area (TPSA) is 56.5 Å². The highest BCUT2D eigenvalue weighted by Crippen LogP contribution is 2.36. The average molecular weight is 267 g/mol. The van der Waals surface area contributed by atoms with Gasteiger partial charge in [-0.15, -0.1) is 0 Å². The zero-order valence-corrected chi connectivity index (χ0v) is 10.4. The molecule has 1 atom stereocenters. The van der Waals surface area contributed by atoms with Crippen molar-refractivity contribution in [3.05, 3.63) is 40.7 Å². The third-order valence-electron chi connectivity index (χ3n) is 2.91. The van der Waals surface area contributed by atoms with Crippen molar-refractivity contribution in [1.82, 2.24) is 9.78 Å². The van der Waals surface area contributed by atoms with E-state index in [4.69, 9.17) is 21.1 Å². The predicted molar refractivity (Wildman–Crippen MR) is 64.8 cm³/mol. The Morgan fingerprint density at radius 2 is 2.17 bits per heavy atom. The van der Waals surface area contributed by atoms with Crippen LogP contribution in [0.4, 0.5) is 0 Å². The van der Waals surface area contributed by atoms with Crippen molar-refractivity contribution >= 4 is 11.6 Å². The zero-order valence-electron chi connectivity index (χ0n) is 9.63. The van der Waals surface area contributed by atoms with E-state index in [1.165, 1.54) is 6.20 Å². The molecule has 0 amide bonds. The van der Waals surface area contributed by atoms with Crippen LogP contribution < -0.4 is 9.47 Å². The number of ether oxygens (including phenoxy) is 2. The van der Waals surface area contributed by atoms with E-state index in [1.54, 1.807) is 29.9 Å². The molecular weight excluding hydrogens is 256 g/mol. The number of hydrogen-bond acceptors (Lipinski definition) is 4. The van der Waals surface area contributed by atoms with Crippen molar-refractivity contribution in [2.24, 2.45) is 7.05 Å². The van der Waals surface area contributed by atoms with E-state index in [0.717, 1.165) is 0 Å². The molecule has 1 aliphatic heterocycles. The smallest absolute Gasteiger partial charge is 0.231 e. The molecule has 1 N–H and O–H groups in total. The second kappa shape index (κ2) is 4.19. The molecule has 2 heterocycles. The summed E-state index contributed by atoms with van der Waals surface area (Å²) in [6, 6.07) is 5.29. The van der Waals surface area contributed by atoms with Crippen LogP contribution in [-0.4, -0.2) is 21.7 Å². The number of nitrogens with zero attached hydrogens (tertiary/aromatic N) is 2. The lowest BCUT2D eigenvalue weighted by Crippen LogP contribution is -2.07. The van der Waals surface area contributed by atoms with Gasteiger partial charge in [-0.05, 0) is 17.7 Å². The minimum Gasteiger partial charge on any atom is -0.454 e. The quantitative estimate of drug-likeness (QED) is 0.902. The lowest BCUT2D eigenvalue weighted by Gasteiger charge is -2.12. The molecule has 0 saturated heterocycles. The van der Waals surface area contributed by atoms with Crippen LogP contribution in [0.15, 0.2) is 24.4 Å². The van der Waals surface area contributed by atoms with E-state index < -0.39 is 6.10 Å². The highest BCUT2D eigenvalue weighted by Gasteiger charge is 2.21. The second-order valence-corrected chi connectivity index (χ2v) is 4.42. The first kappa shape index (κ1) is 11.4.